The Kier molecular flexibility index (Phi) is 4.68. The molecule has 0 unspecified atom stereocenters. The largest absolute Gasteiger partial charge is 0.336 e. The minimum absolute atomic E-state index is 0.0988. The van der Waals surface area contributed by atoms with E-state index in [1.807, 2.05) is 36.9 Å². The van der Waals surface area contributed by atoms with Crippen LogP contribution in [0.5, 0.6) is 0 Å². The Morgan fingerprint density at radius 1 is 1.33 bits per heavy atom. The first-order chi connectivity index (χ1) is 13.1. The van der Waals surface area contributed by atoms with Crippen LogP contribution in [0.2, 0.25) is 0 Å². The van der Waals surface area contributed by atoms with Crippen LogP contribution in [0.25, 0.3) is 10.9 Å². The second-order valence-corrected chi connectivity index (χ2v) is 7.69. The van der Waals surface area contributed by atoms with Gasteiger partial charge in [0.25, 0.3) is 0 Å². The SMILES string of the molecule is CCN(CC)C(=O)Nn1cc2c3c(c(C=O)ccc31)[C@H]1CCCN(C)[C@@H]1C2. The van der Waals surface area contributed by atoms with E-state index in [9.17, 15) is 9.59 Å². The number of aromatic nitrogens is 1. The van der Waals surface area contributed by atoms with Crippen molar-refractivity contribution in [1.29, 1.82) is 0 Å². The van der Waals surface area contributed by atoms with E-state index in [0.717, 1.165) is 48.6 Å². The molecule has 2 amide bonds. The second-order valence-electron chi connectivity index (χ2n) is 7.69. The number of rotatable bonds is 4. The topological polar surface area (TPSA) is 57.6 Å². The van der Waals surface area contributed by atoms with Gasteiger partial charge in [-0.15, -0.1) is 0 Å². The predicted molar refractivity (Wildman–Crippen MR) is 107 cm³/mol. The first-order valence-corrected chi connectivity index (χ1v) is 9.97. The maximum Gasteiger partial charge on any atom is 0.336 e. The summed E-state index contributed by atoms with van der Waals surface area (Å²) in [5, 5.41) is 1.16. The number of hydrogen-bond donors (Lipinski definition) is 1. The number of likely N-dealkylation sites (tertiary alicyclic amines) is 1. The molecule has 1 aromatic heterocycles. The van der Waals surface area contributed by atoms with E-state index < -0.39 is 0 Å². The highest BCUT2D eigenvalue weighted by Gasteiger charge is 2.38. The lowest BCUT2D eigenvalue weighted by Gasteiger charge is -2.42. The van der Waals surface area contributed by atoms with Crippen molar-refractivity contribution in [2.45, 2.75) is 45.1 Å². The molecule has 2 heterocycles. The molecule has 1 aliphatic carbocycles. The summed E-state index contributed by atoms with van der Waals surface area (Å²) in [5.41, 5.74) is 7.20. The quantitative estimate of drug-likeness (QED) is 0.843. The molecule has 0 spiro atoms. The molecule has 0 saturated carbocycles. The average Bonchev–Trinajstić information content (AvgIpc) is 3.02. The number of nitrogens with one attached hydrogen (secondary N) is 1. The van der Waals surface area contributed by atoms with Crippen LogP contribution in [0.1, 0.15) is 54.1 Å². The molecule has 1 saturated heterocycles. The van der Waals surface area contributed by atoms with Crippen molar-refractivity contribution < 1.29 is 9.59 Å². The number of likely N-dealkylation sites (N-methyl/N-ethyl adjacent to an activating group) is 1. The fourth-order valence-electron chi connectivity index (χ4n) is 4.97. The molecule has 2 aliphatic rings. The van der Waals surface area contributed by atoms with Crippen LogP contribution in [0, 0.1) is 0 Å². The highest BCUT2D eigenvalue weighted by Crippen LogP contribution is 2.44. The molecule has 4 rings (SSSR count). The molecular formula is C21H28N4O2. The van der Waals surface area contributed by atoms with Crippen molar-refractivity contribution >= 4 is 23.2 Å². The maximum atomic E-state index is 12.6. The Bertz CT molecular complexity index is 884. The molecule has 6 heteroatoms. The highest BCUT2D eigenvalue weighted by atomic mass is 16.2. The van der Waals surface area contributed by atoms with Gasteiger partial charge >= 0.3 is 6.03 Å². The zero-order valence-electron chi connectivity index (χ0n) is 16.4. The number of carbonyl (C=O) groups excluding carboxylic acids is 2. The molecule has 144 valence electrons. The average molecular weight is 368 g/mol. The van der Waals surface area contributed by atoms with Gasteiger partial charge in [-0.05, 0) is 70.0 Å². The summed E-state index contributed by atoms with van der Waals surface area (Å²) < 4.78 is 1.85. The van der Waals surface area contributed by atoms with Crippen LogP contribution in [0.4, 0.5) is 4.79 Å². The number of piperidine rings is 1. The van der Waals surface area contributed by atoms with Gasteiger partial charge in [0.05, 0.1) is 5.52 Å². The van der Waals surface area contributed by atoms with Gasteiger partial charge in [0.15, 0.2) is 0 Å². The van der Waals surface area contributed by atoms with E-state index in [0.29, 0.717) is 25.0 Å². The predicted octanol–water partition coefficient (Wildman–Crippen LogP) is 3.19. The summed E-state index contributed by atoms with van der Waals surface area (Å²) >= 11 is 0. The molecule has 1 aliphatic heterocycles. The van der Waals surface area contributed by atoms with Gasteiger partial charge in [0, 0.05) is 42.2 Å². The van der Waals surface area contributed by atoms with Crippen LogP contribution < -0.4 is 5.43 Å². The third-order valence-electron chi connectivity index (χ3n) is 6.37. The summed E-state index contributed by atoms with van der Waals surface area (Å²) in [6, 6.07) is 4.19. The van der Waals surface area contributed by atoms with Crippen LogP contribution in [-0.2, 0) is 6.42 Å². The van der Waals surface area contributed by atoms with Crippen molar-refractivity contribution in [3.8, 4) is 0 Å². The minimum Gasteiger partial charge on any atom is -0.324 e. The van der Waals surface area contributed by atoms with Crippen LogP contribution in [0.15, 0.2) is 18.3 Å². The first kappa shape index (κ1) is 18.0. The summed E-state index contributed by atoms with van der Waals surface area (Å²) in [4.78, 5) is 28.5. The minimum atomic E-state index is -0.0988. The third-order valence-corrected chi connectivity index (χ3v) is 6.37. The second kappa shape index (κ2) is 7.00. The molecule has 1 fully saturated rings. The molecule has 2 atom stereocenters. The normalized spacial score (nSPS) is 21.7. The number of benzene rings is 1. The summed E-state index contributed by atoms with van der Waals surface area (Å²) in [6.45, 7) is 6.40. The highest BCUT2D eigenvalue weighted by molar-refractivity contribution is 5.97. The lowest BCUT2D eigenvalue weighted by atomic mass is 9.73. The standard InChI is InChI=1S/C21H28N4O2/c1-4-24(5-2)21(27)22-25-12-15-11-18-16(7-6-10-23(18)3)19-14(13-26)8-9-17(25)20(15)19/h8-9,12-13,16,18H,4-7,10-11H2,1-3H3,(H,22,27)/t16-,18+/m0/s1. The van der Waals surface area contributed by atoms with Gasteiger partial charge < -0.3 is 9.80 Å². The molecule has 27 heavy (non-hydrogen) atoms. The maximum absolute atomic E-state index is 12.6. The number of urea groups is 1. The van der Waals surface area contributed by atoms with Gasteiger partial charge in [0.1, 0.15) is 6.29 Å². The molecule has 1 N–H and O–H groups in total. The van der Waals surface area contributed by atoms with Gasteiger partial charge in [0.2, 0.25) is 0 Å². The number of carbonyl (C=O) groups is 2. The molecule has 0 bridgehead atoms. The molecule has 6 nitrogen and oxygen atoms in total. The Morgan fingerprint density at radius 3 is 2.81 bits per heavy atom. The van der Waals surface area contributed by atoms with E-state index >= 15 is 0 Å². The first-order valence-electron chi connectivity index (χ1n) is 9.97. The van der Waals surface area contributed by atoms with Crippen LogP contribution in [0.3, 0.4) is 0 Å². The van der Waals surface area contributed by atoms with E-state index in [1.165, 1.54) is 11.1 Å². The van der Waals surface area contributed by atoms with E-state index in [-0.39, 0.29) is 6.03 Å². The smallest absolute Gasteiger partial charge is 0.324 e. The number of amides is 2. The summed E-state index contributed by atoms with van der Waals surface area (Å²) in [6.07, 6.45) is 6.26. The fraction of sp³-hybridized carbons (Fsp3) is 0.524. The van der Waals surface area contributed by atoms with E-state index in [1.54, 1.807) is 4.90 Å². The van der Waals surface area contributed by atoms with Crippen molar-refractivity contribution in [3.63, 3.8) is 0 Å². The third kappa shape index (κ3) is 2.83. The van der Waals surface area contributed by atoms with Crippen LogP contribution >= 0.6 is 0 Å². The van der Waals surface area contributed by atoms with Crippen molar-refractivity contribution in [2.24, 2.45) is 0 Å². The Balaban J connectivity index is 1.82. The van der Waals surface area contributed by atoms with Crippen molar-refractivity contribution in [3.05, 3.63) is 35.0 Å². The van der Waals surface area contributed by atoms with Gasteiger partial charge in [-0.25, -0.2) is 10.2 Å². The summed E-state index contributed by atoms with van der Waals surface area (Å²) in [5.74, 6) is 0.384. The van der Waals surface area contributed by atoms with Gasteiger partial charge in [-0.3, -0.25) is 9.47 Å². The lowest BCUT2D eigenvalue weighted by molar-refractivity contribution is 0.111. The van der Waals surface area contributed by atoms with Gasteiger partial charge in [-0.1, -0.05) is 0 Å². The molecular weight excluding hydrogens is 340 g/mol. The zero-order chi connectivity index (χ0) is 19.1. The molecule has 2 aromatic rings. The zero-order valence-corrected chi connectivity index (χ0v) is 16.4. The van der Waals surface area contributed by atoms with E-state index in [2.05, 4.69) is 17.4 Å². The number of fused-ring (bicyclic) bond motifs is 2. The molecule has 1 aromatic carbocycles. The van der Waals surface area contributed by atoms with Crippen molar-refractivity contribution in [2.75, 3.05) is 32.1 Å². The number of aldehydes is 1. The van der Waals surface area contributed by atoms with Crippen molar-refractivity contribution in [1.82, 2.24) is 14.5 Å². The van der Waals surface area contributed by atoms with Gasteiger partial charge in [-0.2, -0.15) is 0 Å². The lowest BCUT2D eigenvalue weighted by Crippen LogP contribution is -2.44. The van der Waals surface area contributed by atoms with Crippen LogP contribution in [-0.4, -0.2) is 59.5 Å². The number of hydrogen-bond acceptors (Lipinski definition) is 3. The summed E-state index contributed by atoms with van der Waals surface area (Å²) in [7, 11) is 2.18. The van der Waals surface area contributed by atoms with E-state index in [4.69, 9.17) is 0 Å². The Morgan fingerprint density at radius 2 is 2.11 bits per heavy atom. The monoisotopic (exact) mass is 368 g/mol. The molecule has 0 radical (unpaired) electrons. The number of nitrogens with zero attached hydrogens (tertiary/aromatic N) is 3. The Hall–Kier alpha value is -2.34. The fourth-order valence-corrected chi connectivity index (χ4v) is 4.97. The Labute approximate surface area is 160 Å².